The van der Waals surface area contributed by atoms with Gasteiger partial charge in [0.1, 0.15) is 17.7 Å². The monoisotopic (exact) mass is 515 g/mol. The van der Waals surface area contributed by atoms with Crippen LogP contribution in [0.5, 0.6) is 0 Å². The van der Waals surface area contributed by atoms with Gasteiger partial charge in [0.05, 0.1) is 24.1 Å². The van der Waals surface area contributed by atoms with E-state index >= 15 is 0 Å². The van der Waals surface area contributed by atoms with Crippen LogP contribution in [-0.4, -0.2) is 60.0 Å². The number of sulfonamides is 1. The molecule has 0 saturated carbocycles. The third kappa shape index (κ3) is 5.50. The average molecular weight is 516 g/mol. The summed E-state index contributed by atoms with van der Waals surface area (Å²) in [6, 6.07) is 0.0498. The lowest BCUT2D eigenvalue weighted by Gasteiger charge is -2.29. The van der Waals surface area contributed by atoms with Crippen molar-refractivity contribution in [2.45, 2.75) is 46.3 Å². The van der Waals surface area contributed by atoms with Crippen LogP contribution in [0.25, 0.3) is 11.4 Å². The Labute approximate surface area is 201 Å². The highest BCUT2D eigenvalue weighted by atomic mass is 32.2. The molecule has 2 N–H and O–H groups in total. The fraction of sp³-hybridized carbons (Fsp3) is 0.500. The third-order valence-corrected chi connectivity index (χ3v) is 7.02. The fourth-order valence-corrected chi connectivity index (χ4v) is 4.74. The number of halogens is 3. The number of carbonyl (C=O) groups is 2. The Morgan fingerprint density at radius 2 is 1.71 bits per heavy atom. The third-order valence-electron chi connectivity index (χ3n) is 5.77. The van der Waals surface area contributed by atoms with E-state index in [9.17, 15) is 31.2 Å². The Bertz CT molecular complexity index is 1270. The second kappa shape index (κ2) is 9.61. The first-order chi connectivity index (χ1) is 16.1. The van der Waals surface area contributed by atoms with E-state index in [2.05, 4.69) is 15.6 Å². The van der Waals surface area contributed by atoms with Crippen LogP contribution in [0.3, 0.4) is 0 Å². The molecule has 1 aromatic carbocycles. The lowest BCUT2D eigenvalue weighted by atomic mass is 9.86. The van der Waals surface area contributed by atoms with Crippen LogP contribution < -0.4 is 10.6 Å². The van der Waals surface area contributed by atoms with Crippen molar-refractivity contribution in [3.63, 3.8) is 0 Å². The van der Waals surface area contributed by atoms with Crippen molar-refractivity contribution in [3.8, 4) is 11.4 Å². The fourth-order valence-electron chi connectivity index (χ4n) is 3.92. The quantitative estimate of drug-likeness (QED) is 0.592. The van der Waals surface area contributed by atoms with Gasteiger partial charge in [0.25, 0.3) is 5.91 Å². The molecule has 3 rings (SSSR count). The molecule has 13 heteroatoms. The molecule has 1 aliphatic rings. The maximum absolute atomic E-state index is 14.7. The lowest BCUT2D eigenvalue weighted by molar-refractivity contribution is -0.124. The van der Waals surface area contributed by atoms with E-state index in [-0.39, 0.29) is 42.4 Å². The molecule has 2 amide bonds. The van der Waals surface area contributed by atoms with Crippen LogP contribution in [0.2, 0.25) is 0 Å². The van der Waals surface area contributed by atoms with Crippen LogP contribution in [-0.2, 0) is 27.9 Å². The molecule has 1 aliphatic heterocycles. The molecule has 1 atom stereocenters. The summed E-state index contributed by atoms with van der Waals surface area (Å²) in [7, 11) is -2.24. The van der Waals surface area contributed by atoms with Crippen molar-refractivity contribution in [2.75, 3.05) is 19.8 Å². The van der Waals surface area contributed by atoms with Gasteiger partial charge in [-0.3, -0.25) is 9.59 Å². The number of fused-ring (bicyclic) bond motifs is 1. The highest BCUT2D eigenvalue weighted by molar-refractivity contribution is 7.88. The molecule has 0 fully saturated rings. The number of rotatable bonds is 5. The molecule has 0 bridgehead atoms. The van der Waals surface area contributed by atoms with E-state index in [1.54, 1.807) is 20.8 Å². The summed E-state index contributed by atoms with van der Waals surface area (Å²) in [5.41, 5.74) is -1.16. The Hall–Kier alpha value is -2.93. The molecule has 35 heavy (non-hydrogen) atoms. The van der Waals surface area contributed by atoms with E-state index < -0.39 is 50.7 Å². The molecule has 192 valence electrons. The van der Waals surface area contributed by atoms with Gasteiger partial charge in [-0.2, -0.15) is 4.31 Å². The summed E-state index contributed by atoms with van der Waals surface area (Å²) in [5.74, 6) is -5.17. The highest BCUT2D eigenvalue weighted by Crippen LogP contribution is 2.30. The first-order valence-electron chi connectivity index (χ1n) is 10.9. The number of hydrogen-bond acceptors (Lipinski definition) is 5. The summed E-state index contributed by atoms with van der Waals surface area (Å²) in [6.07, 6.45) is 1.33. The number of imidazole rings is 1. The number of likely N-dealkylation sites (N-methyl/N-ethyl adjacent to an activating group) is 1. The maximum atomic E-state index is 14.7. The Morgan fingerprint density at radius 3 is 2.29 bits per heavy atom. The lowest BCUT2D eigenvalue weighted by Crippen LogP contribution is -2.53. The summed E-state index contributed by atoms with van der Waals surface area (Å²) in [4.78, 5) is 30.0. The van der Waals surface area contributed by atoms with Gasteiger partial charge >= 0.3 is 0 Å². The van der Waals surface area contributed by atoms with Gasteiger partial charge in [-0.15, -0.1) is 0 Å². The molecule has 0 unspecified atom stereocenters. The van der Waals surface area contributed by atoms with Crippen LogP contribution in [0.15, 0.2) is 12.1 Å². The summed E-state index contributed by atoms with van der Waals surface area (Å²) >= 11 is 0. The molecule has 0 aliphatic carbocycles. The van der Waals surface area contributed by atoms with Crippen LogP contribution >= 0.6 is 0 Å². The Balaban J connectivity index is 2.19. The minimum Gasteiger partial charge on any atom is -0.357 e. The van der Waals surface area contributed by atoms with Crippen molar-refractivity contribution in [2.24, 2.45) is 5.41 Å². The molecule has 0 spiro atoms. The second-order valence-corrected chi connectivity index (χ2v) is 11.4. The number of carbonyl (C=O) groups excluding carboxylic acids is 2. The van der Waals surface area contributed by atoms with Crippen molar-refractivity contribution >= 4 is 21.8 Å². The standard InChI is InChI=1S/C22H28F3N5O4S/c1-22(2,3)18(21(32)26-4)28-20(31)17-16-11-29(35(5,33)34)7-6-8-30(16)19(27-17)12-9-14(24)15(25)10-13(12)23/h9-10,18H,6-8,11H2,1-5H3,(H,26,32)(H,28,31)/t18-/m1/s1. The molecule has 0 saturated heterocycles. The van der Waals surface area contributed by atoms with E-state index in [4.69, 9.17) is 0 Å². The molecule has 1 aromatic heterocycles. The number of hydrogen-bond donors (Lipinski definition) is 2. The van der Waals surface area contributed by atoms with Crippen molar-refractivity contribution in [1.29, 1.82) is 0 Å². The van der Waals surface area contributed by atoms with Crippen LogP contribution in [0.4, 0.5) is 13.2 Å². The first kappa shape index (κ1) is 26.7. The number of aromatic nitrogens is 2. The van der Waals surface area contributed by atoms with E-state index in [0.29, 0.717) is 18.6 Å². The highest BCUT2D eigenvalue weighted by Gasteiger charge is 2.36. The minimum atomic E-state index is -3.66. The van der Waals surface area contributed by atoms with Crippen molar-refractivity contribution < 1.29 is 31.2 Å². The van der Waals surface area contributed by atoms with E-state index in [1.807, 2.05) is 0 Å². The van der Waals surface area contributed by atoms with Crippen molar-refractivity contribution in [3.05, 3.63) is 41.0 Å². The molecule has 9 nitrogen and oxygen atoms in total. The van der Waals surface area contributed by atoms with Crippen LogP contribution in [0.1, 0.15) is 43.4 Å². The molecule has 0 radical (unpaired) electrons. The normalized spacial score (nSPS) is 15.8. The number of nitrogens with one attached hydrogen (secondary N) is 2. The topological polar surface area (TPSA) is 113 Å². The zero-order chi connectivity index (χ0) is 26.3. The average Bonchev–Trinajstić information content (AvgIpc) is 2.94. The molecule has 2 aromatic rings. The number of benzene rings is 1. The molecular weight excluding hydrogens is 487 g/mol. The van der Waals surface area contributed by atoms with E-state index in [0.717, 1.165) is 10.6 Å². The molecule has 2 heterocycles. The predicted molar refractivity (Wildman–Crippen MR) is 122 cm³/mol. The summed E-state index contributed by atoms with van der Waals surface area (Å²) in [5, 5.41) is 5.11. The SMILES string of the molecule is CNC(=O)[C@@H](NC(=O)c1nc(-c2cc(F)c(F)cc2F)n2c1CN(S(C)(=O)=O)CCC2)C(C)(C)C. The van der Waals surface area contributed by atoms with Gasteiger partial charge in [0.2, 0.25) is 15.9 Å². The number of amides is 2. The second-order valence-electron chi connectivity index (χ2n) is 9.47. The van der Waals surface area contributed by atoms with Gasteiger partial charge in [0.15, 0.2) is 17.3 Å². The molecular formula is C22H28F3N5O4S. The Morgan fingerprint density at radius 1 is 1.09 bits per heavy atom. The van der Waals surface area contributed by atoms with E-state index in [1.165, 1.54) is 11.6 Å². The number of nitrogens with zero attached hydrogens (tertiary/aromatic N) is 3. The van der Waals surface area contributed by atoms with Gasteiger partial charge in [-0.25, -0.2) is 26.6 Å². The smallest absolute Gasteiger partial charge is 0.272 e. The zero-order valence-corrected chi connectivity index (χ0v) is 20.9. The van der Waals surface area contributed by atoms with Gasteiger partial charge < -0.3 is 15.2 Å². The first-order valence-corrected chi connectivity index (χ1v) is 12.7. The maximum Gasteiger partial charge on any atom is 0.272 e. The van der Waals surface area contributed by atoms with Gasteiger partial charge in [0, 0.05) is 26.2 Å². The largest absolute Gasteiger partial charge is 0.357 e. The predicted octanol–water partition coefficient (Wildman–Crippen LogP) is 2.02. The van der Waals surface area contributed by atoms with Crippen molar-refractivity contribution in [1.82, 2.24) is 24.5 Å². The summed E-state index contributed by atoms with van der Waals surface area (Å²) < 4.78 is 69.3. The summed E-state index contributed by atoms with van der Waals surface area (Å²) in [6.45, 7) is 5.26. The van der Waals surface area contributed by atoms with Gasteiger partial charge in [-0.05, 0) is 17.9 Å². The van der Waals surface area contributed by atoms with Crippen LogP contribution in [0, 0.1) is 22.9 Å². The Kier molecular flexibility index (Phi) is 7.32. The minimum absolute atomic E-state index is 0.129. The van der Waals surface area contributed by atoms with Gasteiger partial charge in [-0.1, -0.05) is 20.8 Å². The zero-order valence-electron chi connectivity index (χ0n) is 20.1.